The van der Waals surface area contributed by atoms with Gasteiger partial charge in [-0.1, -0.05) is 30.3 Å². The summed E-state index contributed by atoms with van der Waals surface area (Å²) in [5, 5.41) is 17.4. The van der Waals surface area contributed by atoms with Crippen LogP contribution in [0.25, 0.3) is 0 Å². The van der Waals surface area contributed by atoms with E-state index in [-0.39, 0.29) is 0 Å². The highest BCUT2D eigenvalue weighted by Crippen LogP contribution is 2.20. The lowest BCUT2D eigenvalue weighted by atomic mass is 10.1. The van der Waals surface area contributed by atoms with Gasteiger partial charge in [0.05, 0.1) is 6.61 Å². The molecule has 0 bridgehead atoms. The van der Waals surface area contributed by atoms with Crippen LogP contribution in [0.2, 0.25) is 0 Å². The van der Waals surface area contributed by atoms with E-state index in [2.05, 4.69) is 0 Å². The van der Waals surface area contributed by atoms with Gasteiger partial charge in [0.15, 0.2) is 6.17 Å². The quantitative estimate of drug-likeness (QED) is 0.711. The van der Waals surface area contributed by atoms with Crippen molar-refractivity contribution in [2.75, 3.05) is 6.61 Å². The van der Waals surface area contributed by atoms with Gasteiger partial charge in [-0.3, -0.25) is 0 Å². The highest BCUT2D eigenvalue weighted by molar-refractivity contribution is 5.18. The maximum Gasteiger partial charge on any atom is 0.153 e. The second-order valence-corrected chi connectivity index (χ2v) is 2.56. The molecular weight excluding hydrogens is 159 g/mol. The van der Waals surface area contributed by atoms with Crippen molar-refractivity contribution in [3.05, 3.63) is 35.9 Å². The molecule has 0 saturated heterocycles. The van der Waals surface area contributed by atoms with Gasteiger partial charge in [-0.15, -0.1) is 0 Å². The van der Waals surface area contributed by atoms with Crippen LogP contribution in [0.3, 0.4) is 0 Å². The first-order valence-electron chi connectivity index (χ1n) is 3.73. The third-order valence-corrected chi connectivity index (χ3v) is 1.64. The summed E-state index contributed by atoms with van der Waals surface area (Å²) in [6.07, 6.45) is -2.83. The molecule has 3 heteroatoms. The first-order valence-corrected chi connectivity index (χ1v) is 3.73. The van der Waals surface area contributed by atoms with Crippen LogP contribution in [0, 0.1) is 0 Å². The topological polar surface area (TPSA) is 40.5 Å². The smallest absolute Gasteiger partial charge is 0.153 e. The van der Waals surface area contributed by atoms with E-state index in [4.69, 9.17) is 10.2 Å². The lowest BCUT2D eigenvalue weighted by Crippen LogP contribution is -2.18. The molecule has 0 saturated carbocycles. The molecule has 2 atom stereocenters. The first-order chi connectivity index (χ1) is 5.75. The highest BCUT2D eigenvalue weighted by atomic mass is 19.1. The van der Waals surface area contributed by atoms with Gasteiger partial charge >= 0.3 is 0 Å². The van der Waals surface area contributed by atoms with Crippen LogP contribution in [-0.2, 0) is 0 Å². The summed E-state index contributed by atoms with van der Waals surface area (Å²) in [5.74, 6) is 0. The molecule has 0 aromatic heterocycles. The second-order valence-electron chi connectivity index (χ2n) is 2.56. The Hall–Kier alpha value is -0.930. The molecule has 0 unspecified atom stereocenters. The minimum atomic E-state index is -1.50. The van der Waals surface area contributed by atoms with E-state index in [0.717, 1.165) is 0 Å². The Balaban J connectivity index is 2.71. The minimum absolute atomic E-state index is 0.388. The van der Waals surface area contributed by atoms with Gasteiger partial charge in [0.2, 0.25) is 0 Å². The monoisotopic (exact) mass is 170 g/mol. The average Bonchev–Trinajstić information content (AvgIpc) is 2.17. The molecule has 0 aliphatic heterocycles. The lowest BCUT2D eigenvalue weighted by Gasteiger charge is -2.12. The fourth-order valence-electron chi connectivity index (χ4n) is 0.952. The summed E-state index contributed by atoms with van der Waals surface area (Å²) in [6, 6.07) is 8.28. The number of hydrogen-bond acceptors (Lipinski definition) is 2. The molecule has 0 spiro atoms. The molecule has 1 aromatic carbocycles. The number of benzene rings is 1. The van der Waals surface area contributed by atoms with Crippen molar-refractivity contribution in [1.29, 1.82) is 0 Å². The Bertz CT molecular complexity index is 225. The fourth-order valence-corrected chi connectivity index (χ4v) is 0.952. The fraction of sp³-hybridized carbons (Fsp3) is 0.333. The summed E-state index contributed by atoms with van der Waals surface area (Å²) in [6.45, 7) is -0.559. The van der Waals surface area contributed by atoms with Crippen LogP contribution in [0.1, 0.15) is 11.7 Å². The second kappa shape index (κ2) is 4.18. The third kappa shape index (κ3) is 2.03. The minimum Gasteiger partial charge on any atom is -0.394 e. The maximum atomic E-state index is 13.1. The average molecular weight is 170 g/mol. The molecule has 12 heavy (non-hydrogen) atoms. The number of aliphatic hydroxyl groups is 2. The number of alkyl halides is 1. The Morgan fingerprint density at radius 3 is 2.33 bits per heavy atom. The molecule has 1 rings (SSSR count). The standard InChI is InChI=1S/C9H11FO2/c10-9(8(12)6-11)7-4-2-1-3-5-7/h1-5,8-9,11-12H,6H2/t8-,9-/m0/s1. The maximum absolute atomic E-state index is 13.1. The number of hydrogen-bond donors (Lipinski definition) is 2. The molecule has 2 nitrogen and oxygen atoms in total. The van der Waals surface area contributed by atoms with E-state index in [1.54, 1.807) is 30.3 Å². The van der Waals surface area contributed by atoms with Gasteiger partial charge in [-0.2, -0.15) is 0 Å². The zero-order valence-electron chi connectivity index (χ0n) is 6.52. The molecule has 0 heterocycles. The van der Waals surface area contributed by atoms with Gasteiger partial charge in [0, 0.05) is 0 Å². The number of rotatable bonds is 3. The van der Waals surface area contributed by atoms with Gasteiger partial charge < -0.3 is 10.2 Å². The van der Waals surface area contributed by atoms with Crippen LogP contribution in [0.15, 0.2) is 30.3 Å². The van der Waals surface area contributed by atoms with Crippen LogP contribution >= 0.6 is 0 Å². The van der Waals surface area contributed by atoms with E-state index in [1.807, 2.05) is 0 Å². The Kier molecular flexibility index (Phi) is 3.19. The van der Waals surface area contributed by atoms with Gasteiger partial charge in [-0.05, 0) is 5.56 Å². The van der Waals surface area contributed by atoms with Crippen molar-refractivity contribution in [2.24, 2.45) is 0 Å². The summed E-state index contributed by atoms with van der Waals surface area (Å²) >= 11 is 0. The van der Waals surface area contributed by atoms with Gasteiger partial charge in [-0.25, -0.2) is 4.39 Å². The molecular formula is C9H11FO2. The van der Waals surface area contributed by atoms with Crippen molar-refractivity contribution < 1.29 is 14.6 Å². The lowest BCUT2D eigenvalue weighted by molar-refractivity contribution is 0.0279. The molecule has 66 valence electrons. The molecule has 0 fully saturated rings. The van der Waals surface area contributed by atoms with Crippen LogP contribution < -0.4 is 0 Å². The van der Waals surface area contributed by atoms with Crippen LogP contribution in [-0.4, -0.2) is 22.9 Å². The third-order valence-electron chi connectivity index (χ3n) is 1.64. The molecule has 0 amide bonds. The predicted octanol–water partition coefficient (Wildman–Crippen LogP) is 1.05. The van der Waals surface area contributed by atoms with Gasteiger partial charge in [0.25, 0.3) is 0 Å². The molecule has 0 radical (unpaired) electrons. The van der Waals surface area contributed by atoms with E-state index in [1.165, 1.54) is 0 Å². The van der Waals surface area contributed by atoms with Crippen LogP contribution in [0.5, 0.6) is 0 Å². The largest absolute Gasteiger partial charge is 0.394 e. The van der Waals surface area contributed by atoms with Crippen molar-refractivity contribution >= 4 is 0 Å². The number of halogens is 1. The zero-order valence-corrected chi connectivity index (χ0v) is 6.52. The summed E-state index contributed by atoms with van der Waals surface area (Å²) in [7, 11) is 0. The van der Waals surface area contributed by atoms with E-state index in [9.17, 15) is 4.39 Å². The van der Waals surface area contributed by atoms with Crippen molar-refractivity contribution in [3.63, 3.8) is 0 Å². The zero-order chi connectivity index (χ0) is 8.97. The highest BCUT2D eigenvalue weighted by Gasteiger charge is 2.18. The van der Waals surface area contributed by atoms with Crippen molar-refractivity contribution in [1.82, 2.24) is 0 Å². The molecule has 0 aliphatic carbocycles. The first kappa shape index (κ1) is 9.16. The van der Waals surface area contributed by atoms with E-state index in [0.29, 0.717) is 5.56 Å². The molecule has 1 aromatic rings. The summed E-state index contributed by atoms with van der Waals surface area (Å²) < 4.78 is 13.1. The Morgan fingerprint density at radius 2 is 1.83 bits per heavy atom. The van der Waals surface area contributed by atoms with Gasteiger partial charge in [0.1, 0.15) is 6.10 Å². The Morgan fingerprint density at radius 1 is 1.25 bits per heavy atom. The number of aliphatic hydroxyl groups excluding tert-OH is 2. The van der Waals surface area contributed by atoms with Crippen LogP contribution in [0.4, 0.5) is 4.39 Å². The van der Waals surface area contributed by atoms with Crippen molar-refractivity contribution in [3.8, 4) is 0 Å². The van der Waals surface area contributed by atoms with E-state index >= 15 is 0 Å². The Labute approximate surface area is 70.3 Å². The molecule has 0 aliphatic rings. The molecule has 2 N–H and O–H groups in total. The summed E-state index contributed by atoms with van der Waals surface area (Å²) in [4.78, 5) is 0. The predicted molar refractivity (Wildman–Crippen MR) is 43.4 cm³/mol. The summed E-state index contributed by atoms with van der Waals surface area (Å²) in [5.41, 5.74) is 0.388. The normalized spacial score (nSPS) is 15.6. The SMILES string of the molecule is OC[C@H](O)[C@@H](F)c1ccccc1. The van der Waals surface area contributed by atoms with E-state index < -0.39 is 18.9 Å². The van der Waals surface area contributed by atoms with Crippen molar-refractivity contribution in [2.45, 2.75) is 12.3 Å².